The van der Waals surface area contributed by atoms with E-state index in [1.165, 1.54) is 0 Å². The Morgan fingerprint density at radius 1 is 1.50 bits per heavy atom. The molecule has 0 unspecified atom stereocenters. The van der Waals surface area contributed by atoms with Gasteiger partial charge >= 0.3 is 12.3 Å². The molecule has 0 bridgehead atoms. The Morgan fingerprint density at radius 3 is 2.56 bits per heavy atom. The Balaban J connectivity index is 3.26. The highest BCUT2D eigenvalue weighted by molar-refractivity contribution is 9.08. The summed E-state index contributed by atoms with van der Waals surface area (Å²) in [5, 5.41) is -0.170. The maximum absolute atomic E-state index is 13.3. The van der Waals surface area contributed by atoms with E-state index in [0.29, 0.717) is 6.07 Å². The summed E-state index contributed by atoms with van der Waals surface area (Å²) in [5.74, 6) is -3.14. The van der Waals surface area contributed by atoms with Crippen LogP contribution in [0.1, 0.15) is 16.1 Å². The van der Waals surface area contributed by atoms with Gasteiger partial charge in [0.2, 0.25) is 5.95 Å². The van der Waals surface area contributed by atoms with Crippen molar-refractivity contribution < 1.29 is 31.8 Å². The van der Waals surface area contributed by atoms with Crippen LogP contribution in [0.3, 0.4) is 0 Å². The molecule has 0 saturated heterocycles. The highest BCUT2D eigenvalue weighted by atomic mass is 79.9. The van der Waals surface area contributed by atoms with E-state index in [1.54, 1.807) is 0 Å². The summed E-state index contributed by atoms with van der Waals surface area (Å²) in [4.78, 5) is 14.3. The van der Waals surface area contributed by atoms with Crippen LogP contribution in [0.25, 0.3) is 0 Å². The van der Waals surface area contributed by atoms with Gasteiger partial charge in [-0.15, -0.1) is 13.2 Å². The molecule has 1 rings (SSSR count). The molecule has 9 heteroatoms. The summed E-state index contributed by atoms with van der Waals surface area (Å²) in [6.07, 6.45) is -4.97. The Labute approximate surface area is 107 Å². The standard InChI is InChI=1S/C9H6BrF4NO3/c1-17-8(16)4-2-6(18-9(12,13)14)5(3-10)15-7(4)11/h2H,3H2,1H3. The third-order valence-corrected chi connectivity index (χ3v) is 2.30. The third kappa shape index (κ3) is 3.56. The van der Waals surface area contributed by atoms with Crippen molar-refractivity contribution in [3.05, 3.63) is 23.3 Å². The van der Waals surface area contributed by atoms with Gasteiger partial charge < -0.3 is 9.47 Å². The average molecular weight is 332 g/mol. The van der Waals surface area contributed by atoms with Gasteiger partial charge in [0.25, 0.3) is 0 Å². The van der Waals surface area contributed by atoms with Crippen LogP contribution in [0.4, 0.5) is 17.6 Å². The molecule has 0 amide bonds. The van der Waals surface area contributed by atoms with E-state index >= 15 is 0 Å². The van der Waals surface area contributed by atoms with Gasteiger partial charge in [0, 0.05) is 11.4 Å². The van der Waals surface area contributed by atoms with Crippen molar-refractivity contribution in [3.8, 4) is 5.75 Å². The van der Waals surface area contributed by atoms with E-state index in [2.05, 4.69) is 30.4 Å². The quantitative estimate of drug-likeness (QED) is 0.370. The fourth-order valence-electron chi connectivity index (χ4n) is 1.07. The zero-order valence-corrected chi connectivity index (χ0v) is 10.4. The second-order valence-corrected chi connectivity index (χ2v) is 3.51. The smallest absolute Gasteiger partial charge is 0.465 e. The average Bonchev–Trinajstić information content (AvgIpc) is 2.28. The molecule has 0 radical (unpaired) electrons. The highest BCUT2D eigenvalue weighted by Gasteiger charge is 2.33. The number of aromatic nitrogens is 1. The molecular formula is C9H6BrF4NO3. The number of nitrogens with zero attached hydrogens (tertiary/aromatic N) is 1. The minimum Gasteiger partial charge on any atom is -0.465 e. The largest absolute Gasteiger partial charge is 0.573 e. The normalized spacial score (nSPS) is 11.2. The molecular weight excluding hydrogens is 326 g/mol. The number of ether oxygens (including phenoxy) is 2. The number of carbonyl (C=O) groups is 1. The van der Waals surface area contributed by atoms with Crippen molar-refractivity contribution in [1.82, 2.24) is 4.98 Å². The lowest BCUT2D eigenvalue weighted by Crippen LogP contribution is -2.19. The second kappa shape index (κ2) is 5.51. The molecule has 0 N–H and O–H groups in total. The SMILES string of the molecule is COC(=O)c1cc(OC(F)(F)F)c(CBr)nc1F. The topological polar surface area (TPSA) is 48.4 Å². The fraction of sp³-hybridized carbons (Fsp3) is 0.333. The van der Waals surface area contributed by atoms with Crippen LogP contribution in [0.5, 0.6) is 5.75 Å². The first-order valence-corrected chi connectivity index (χ1v) is 5.50. The molecule has 0 atom stereocenters. The van der Waals surface area contributed by atoms with E-state index < -0.39 is 29.6 Å². The molecule has 4 nitrogen and oxygen atoms in total. The molecule has 0 aromatic carbocycles. The lowest BCUT2D eigenvalue weighted by atomic mass is 10.2. The lowest BCUT2D eigenvalue weighted by Gasteiger charge is -2.12. The van der Waals surface area contributed by atoms with Crippen molar-refractivity contribution in [2.45, 2.75) is 11.7 Å². The van der Waals surface area contributed by atoms with E-state index in [4.69, 9.17) is 0 Å². The summed E-state index contributed by atoms with van der Waals surface area (Å²) >= 11 is 2.84. The number of hydrogen-bond acceptors (Lipinski definition) is 4. The van der Waals surface area contributed by atoms with Crippen molar-refractivity contribution in [1.29, 1.82) is 0 Å². The molecule has 100 valence electrons. The third-order valence-electron chi connectivity index (χ3n) is 1.77. The van der Waals surface area contributed by atoms with E-state index in [1.807, 2.05) is 0 Å². The second-order valence-electron chi connectivity index (χ2n) is 2.94. The molecule has 0 saturated carbocycles. The van der Waals surface area contributed by atoms with Crippen molar-refractivity contribution in [2.75, 3.05) is 7.11 Å². The predicted octanol–water partition coefficient (Wildman–Crippen LogP) is 2.80. The minimum atomic E-state index is -4.97. The van der Waals surface area contributed by atoms with Gasteiger partial charge in [-0.1, -0.05) is 15.9 Å². The number of esters is 1. The van der Waals surface area contributed by atoms with Crippen LogP contribution in [-0.4, -0.2) is 24.4 Å². The zero-order chi connectivity index (χ0) is 13.9. The summed E-state index contributed by atoms with van der Waals surface area (Å²) in [7, 11) is 0.963. The van der Waals surface area contributed by atoms with Crippen LogP contribution in [0.2, 0.25) is 0 Å². The summed E-state index contributed by atoms with van der Waals surface area (Å²) < 4.78 is 57.5. The molecule has 0 aliphatic rings. The summed E-state index contributed by atoms with van der Waals surface area (Å²) in [5.41, 5.74) is -1.06. The lowest BCUT2D eigenvalue weighted by molar-refractivity contribution is -0.275. The van der Waals surface area contributed by atoms with Gasteiger partial charge in [-0.2, -0.15) is 4.39 Å². The molecule has 0 aliphatic heterocycles. The van der Waals surface area contributed by atoms with E-state index in [9.17, 15) is 22.4 Å². The Morgan fingerprint density at radius 2 is 2.11 bits per heavy atom. The number of rotatable bonds is 3. The minimum absolute atomic E-state index is 0.170. The predicted molar refractivity (Wildman–Crippen MR) is 54.8 cm³/mol. The summed E-state index contributed by atoms with van der Waals surface area (Å²) in [6, 6.07) is 0.595. The molecule has 0 aliphatic carbocycles. The number of carbonyl (C=O) groups excluding carboxylic acids is 1. The van der Waals surface area contributed by atoms with Crippen LogP contribution in [-0.2, 0) is 10.1 Å². The highest BCUT2D eigenvalue weighted by Crippen LogP contribution is 2.28. The number of halogens is 5. The van der Waals surface area contributed by atoms with Gasteiger partial charge in [-0.3, -0.25) is 0 Å². The molecule has 0 fully saturated rings. The first-order chi connectivity index (χ1) is 8.28. The molecule has 1 aromatic rings. The molecule has 1 aromatic heterocycles. The monoisotopic (exact) mass is 331 g/mol. The number of methoxy groups -OCH3 is 1. The Bertz CT molecular complexity index is 464. The zero-order valence-electron chi connectivity index (χ0n) is 8.85. The van der Waals surface area contributed by atoms with Gasteiger partial charge in [0.1, 0.15) is 5.56 Å². The first kappa shape index (κ1) is 14.7. The molecule has 1 heterocycles. The van der Waals surface area contributed by atoms with E-state index in [-0.39, 0.29) is 11.0 Å². The Hall–Kier alpha value is -1.38. The van der Waals surface area contributed by atoms with Crippen LogP contribution in [0.15, 0.2) is 6.07 Å². The van der Waals surface area contributed by atoms with E-state index in [0.717, 1.165) is 7.11 Å². The van der Waals surface area contributed by atoms with Gasteiger partial charge in [-0.05, 0) is 0 Å². The molecule has 18 heavy (non-hydrogen) atoms. The fourth-order valence-corrected chi connectivity index (χ4v) is 1.47. The first-order valence-electron chi connectivity index (χ1n) is 4.38. The van der Waals surface area contributed by atoms with Crippen LogP contribution >= 0.6 is 15.9 Å². The number of alkyl halides is 4. The molecule has 0 spiro atoms. The van der Waals surface area contributed by atoms with Gasteiger partial charge in [0.05, 0.1) is 12.8 Å². The van der Waals surface area contributed by atoms with Gasteiger partial charge in [-0.25, -0.2) is 9.78 Å². The van der Waals surface area contributed by atoms with Crippen molar-refractivity contribution >= 4 is 21.9 Å². The summed E-state index contributed by atoms with van der Waals surface area (Å²) in [6.45, 7) is 0. The number of pyridine rings is 1. The van der Waals surface area contributed by atoms with Gasteiger partial charge in [0.15, 0.2) is 5.75 Å². The maximum atomic E-state index is 13.3. The van der Waals surface area contributed by atoms with Crippen molar-refractivity contribution in [2.24, 2.45) is 0 Å². The van der Waals surface area contributed by atoms with Crippen LogP contribution in [0, 0.1) is 5.95 Å². The number of hydrogen-bond donors (Lipinski definition) is 0. The van der Waals surface area contributed by atoms with Crippen LogP contribution < -0.4 is 4.74 Å². The Kier molecular flexibility index (Phi) is 4.49. The maximum Gasteiger partial charge on any atom is 0.573 e. The van der Waals surface area contributed by atoms with Crippen molar-refractivity contribution in [3.63, 3.8) is 0 Å².